The predicted octanol–water partition coefficient (Wildman–Crippen LogP) is 4.32. The molecule has 0 aromatic heterocycles. The Hall–Kier alpha value is -1.85. The van der Waals surface area contributed by atoms with Crippen LogP contribution in [0.15, 0.2) is 36.4 Å². The number of aryl methyl sites for hydroxylation is 2. The molecule has 2 aromatic rings. The Labute approximate surface area is 155 Å². The number of para-hydroxylation sites is 1. The minimum absolute atomic E-state index is 0.314. The van der Waals surface area contributed by atoms with Crippen LogP contribution in [0.2, 0.25) is 0 Å². The van der Waals surface area contributed by atoms with Crippen LogP contribution in [-0.4, -0.2) is 18.3 Å². The third-order valence-electron chi connectivity index (χ3n) is 5.40. The lowest BCUT2D eigenvalue weighted by Crippen LogP contribution is -2.41. The largest absolute Gasteiger partial charge is 0.495 e. The highest BCUT2D eigenvalue weighted by Crippen LogP contribution is 2.36. The second-order valence-electron chi connectivity index (χ2n) is 7.94. The Kier molecular flexibility index (Phi) is 4.89. The zero-order chi connectivity index (χ0) is 19.1. The third kappa shape index (κ3) is 3.51. The molecule has 5 heteroatoms. The highest BCUT2D eigenvalue weighted by atomic mass is 19.1. The third-order valence-corrected chi connectivity index (χ3v) is 5.40. The molecular weight excluding hydrogens is 330 g/mol. The number of rotatable bonds is 4. The van der Waals surface area contributed by atoms with E-state index < -0.39 is 18.3 Å². The van der Waals surface area contributed by atoms with Crippen LogP contribution in [0, 0.1) is 19.7 Å². The van der Waals surface area contributed by atoms with Gasteiger partial charge in [-0.25, -0.2) is 4.39 Å². The van der Waals surface area contributed by atoms with Crippen LogP contribution in [0.3, 0.4) is 0 Å². The van der Waals surface area contributed by atoms with Gasteiger partial charge in [-0.3, -0.25) is 0 Å². The molecule has 2 aromatic carbocycles. The molecule has 0 amide bonds. The first kappa shape index (κ1) is 18.9. The van der Waals surface area contributed by atoms with Gasteiger partial charge in [0.05, 0.1) is 11.2 Å². The van der Waals surface area contributed by atoms with Gasteiger partial charge in [-0.2, -0.15) is 0 Å². The summed E-state index contributed by atoms with van der Waals surface area (Å²) in [5, 5.41) is 0. The summed E-state index contributed by atoms with van der Waals surface area (Å²) in [6, 6.07) is 10.7. The highest BCUT2D eigenvalue weighted by molar-refractivity contribution is 6.62. The first-order valence-corrected chi connectivity index (χ1v) is 8.94. The van der Waals surface area contributed by atoms with Crippen molar-refractivity contribution in [2.24, 2.45) is 0 Å². The molecule has 0 unspecified atom stereocenters. The van der Waals surface area contributed by atoms with E-state index in [2.05, 4.69) is 0 Å². The van der Waals surface area contributed by atoms with Crippen LogP contribution in [0.25, 0.3) is 0 Å². The molecule has 0 aliphatic carbocycles. The zero-order valence-electron chi connectivity index (χ0n) is 16.4. The molecule has 1 heterocycles. The zero-order valence-corrected chi connectivity index (χ0v) is 16.4. The van der Waals surface area contributed by atoms with E-state index in [1.165, 1.54) is 12.1 Å². The smallest absolute Gasteiger partial charge is 0.488 e. The van der Waals surface area contributed by atoms with E-state index >= 15 is 0 Å². The molecule has 0 radical (unpaired) electrons. The van der Waals surface area contributed by atoms with Gasteiger partial charge in [0.25, 0.3) is 0 Å². The van der Waals surface area contributed by atoms with Crippen molar-refractivity contribution >= 4 is 12.6 Å². The normalized spacial score (nSPS) is 18.2. The molecule has 1 aliphatic heterocycles. The van der Waals surface area contributed by atoms with Gasteiger partial charge in [-0.1, -0.05) is 24.3 Å². The number of hydrogen-bond acceptors (Lipinski definition) is 3. The van der Waals surface area contributed by atoms with E-state index in [1.54, 1.807) is 6.07 Å². The second kappa shape index (κ2) is 6.71. The molecule has 3 rings (SSSR count). The number of ether oxygens (including phenoxy) is 1. The molecular formula is C21H26BFO3. The number of hydrogen-bond donors (Lipinski definition) is 0. The summed E-state index contributed by atoms with van der Waals surface area (Å²) in [5.41, 5.74) is 2.72. The first-order chi connectivity index (χ1) is 12.1. The summed E-state index contributed by atoms with van der Waals surface area (Å²) in [6.07, 6.45) is 0. The average molecular weight is 356 g/mol. The standard InChI is InChI=1S/C21H26BFO3/c1-14-8-7-9-15(2)19(14)24-13-16-10-11-17(23)12-18(16)22-25-20(3,4)21(5,6)26-22/h7-12H,13H2,1-6H3. The molecule has 0 atom stereocenters. The van der Waals surface area contributed by atoms with E-state index in [4.69, 9.17) is 14.0 Å². The number of halogens is 1. The summed E-state index contributed by atoms with van der Waals surface area (Å²) in [6.45, 7) is 12.3. The Morgan fingerprint density at radius 1 is 0.962 bits per heavy atom. The monoisotopic (exact) mass is 356 g/mol. The van der Waals surface area contributed by atoms with Crippen molar-refractivity contribution in [3.63, 3.8) is 0 Å². The summed E-state index contributed by atoms with van der Waals surface area (Å²) >= 11 is 0. The van der Waals surface area contributed by atoms with E-state index in [1.807, 2.05) is 59.7 Å². The second-order valence-corrected chi connectivity index (χ2v) is 7.94. The van der Waals surface area contributed by atoms with Gasteiger partial charge in [0, 0.05) is 0 Å². The van der Waals surface area contributed by atoms with Crippen LogP contribution in [0.4, 0.5) is 4.39 Å². The maximum atomic E-state index is 13.9. The van der Waals surface area contributed by atoms with Crippen molar-refractivity contribution in [3.05, 3.63) is 58.9 Å². The number of benzene rings is 2. The van der Waals surface area contributed by atoms with E-state index in [9.17, 15) is 4.39 Å². The van der Waals surface area contributed by atoms with Crippen LogP contribution in [0.1, 0.15) is 44.4 Å². The summed E-state index contributed by atoms with van der Waals surface area (Å²) in [7, 11) is -0.618. The molecule has 1 aliphatic rings. The van der Waals surface area contributed by atoms with Crippen LogP contribution in [-0.2, 0) is 15.9 Å². The lowest BCUT2D eigenvalue weighted by atomic mass is 9.76. The van der Waals surface area contributed by atoms with E-state index in [0.29, 0.717) is 12.1 Å². The topological polar surface area (TPSA) is 27.7 Å². The van der Waals surface area contributed by atoms with Crippen molar-refractivity contribution in [3.8, 4) is 5.75 Å². The van der Waals surface area contributed by atoms with Crippen LogP contribution in [0.5, 0.6) is 5.75 Å². The maximum Gasteiger partial charge on any atom is 0.495 e. The van der Waals surface area contributed by atoms with Crippen molar-refractivity contribution in [1.29, 1.82) is 0 Å². The van der Waals surface area contributed by atoms with Crippen LogP contribution >= 0.6 is 0 Å². The minimum atomic E-state index is -0.618. The molecule has 0 bridgehead atoms. The van der Waals surface area contributed by atoms with Gasteiger partial charge < -0.3 is 14.0 Å². The van der Waals surface area contributed by atoms with Gasteiger partial charge in [0.2, 0.25) is 0 Å². The Morgan fingerprint density at radius 3 is 2.12 bits per heavy atom. The molecule has 138 valence electrons. The fourth-order valence-corrected chi connectivity index (χ4v) is 3.06. The lowest BCUT2D eigenvalue weighted by Gasteiger charge is -2.32. The molecule has 0 N–H and O–H groups in total. The summed E-state index contributed by atoms with van der Waals surface area (Å²) in [4.78, 5) is 0. The molecule has 3 nitrogen and oxygen atoms in total. The first-order valence-electron chi connectivity index (χ1n) is 8.94. The molecule has 1 fully saturated rings. The van der Waals surface area contributed by atoms with Crippen molar-refractivity contribution in [2.45, 2.75) is 59.4 Å². The Morgan fingerprint density at radius 2 is 1.54 bits per heavy atom. The highest BCUT2D eigenvalue weighted by Gasteiger charge is 2.52. The molecule has 0 spiro atoms. The fourth-order valence-electron chi connectivity index (χ4n) is 3.06. The summed E-state index contributed by atoms with van der Waals surface area (Å²) < 4.78 is 32.2. The van der Waals surface area contributed by atoms with Crippen LogP contribution < -0.4 is 10.2 Å². The van der Waals surface area contributed by atoms with Gasteiger partial charge in [-0.15, -0.1) is 0 Å². The van der Waals surface area contributed by atoms with Crippen molar-refractivity contribution in [2.75, 3.05) is 0 Å². The SMILES string of the molecule is Cc1cccc(C)c1OCc1ccc(F)cc1B1OC(C)(C)C(C)(C)O1. The predicted molar refractivity (Wildman–Crippen MR) is 102 cm³/mol. The van der Waals surface area contributed by atoms with Gasteiger partial charge in [0.1, 0.15) is 18.2 Å². The summed E-state index contributed by atoms with van der Waals surface area (Å²) in [5.74, 6) is 0.544. The minimum Gasteiger partial charge on any atom is -0.488 e. The van der Waals surface area contributed by atoms with Gasteiger partial charge >= 0.3 is 7.12 Å². The fraction of sp³-hybridized carbons (Fsp3) is 0.429. The molecule has 0 saturated carbocycles. The van der Waals surface area contributed by atoms with Gasteiger partial charge in [-0.05, 0) is 75.8 Å². The lowest BCUT2D eigenvalue weighted by molar-refractivity contribution is 0.00578. The maximum absolute atomic E-state index is 13.9. The van der Waals surface area contributed by atoms with E-state index in [-0.39, 0.29) is 5.82 Å². The molecule has 26 heavy (non-hydrogen) atoms. The Balaban J connectivity index is 1.88. The Bertz CT molecular complexity index is 781. The quantitative estimate of drug-likeness (QED) is 0.764. The van der Waals surface area contributed by atoms with E-state index in [0.717, 1.165) is 22.4 Å². The van der Waals surface area contributed by atoms with Crippen molar-refractivity contribution in [1.82, 2.24) is 0 Å². The molecule has 1 saturated heterocycles. The van der Waals surface area contributed by atoms with Gasteiger partial charge in [0.15, 0.2) is 0 Å². The van der Waals surface area contributed by atoms with Crippen molar-refractivity contribution < 1.29 is 18.4 Å². The average Bonchev–Trinajstić information content (AvgIpc) is 2.76.